The van der Waals surface area contributed by atoms with Crippen molar-refractivity contribution < 1.29 is 0 Å². The molecular weight excluding hydrogens is 300 g/mol. The van der Waals surface area contributed by atoms with Crippen molar-refractivity contribution in [1.82, 2.24) is 0 Å². The van der Waals surface area contributed by atoms with E-state index >= 15 is 0 Å². The fraction of sp³-hybridized carbons (Fsp3) is 0.562. The first-order valence-corrected chi connectivity index (χ1v) is 7.84. The van der Waals surface area contributed by atoms with Gasteiger partial charge in [-0.15, -0.1) is 0 Å². The molecule has 0 spiro atoms. The van der Waals surface area contributed by atoms with Crippen molar-refractivity contribution in [3.8, 4) is 6.07 Å². The fourth-order valence-electron chi connectivity index (χ4n) is 2.09. The summed E-state index contributed by atoms with van der Waals surface area (Å²) >= 11 is 3.51. The molecule has 0 radical (unpaired) electrons. The molecule has 0 amide bonds. The Balaban J connectivity index is 2.51. The summed E-state index contributed by atoms with van der Waals surface area (Å²) in [5.41, 5.74) is 0.496. The fourth-order valence-corrected chi connectivity index (χ4v) is 2.47. The van der Waals surface area contributed by atoms with Crippen molar-refractivity contribution in [2.45, 2.75) is 57.9 Å². The van der Waals surface area contributed by atoms with Crippen molar-refractivity contribution in [3.63, 3.8) is 0 Å². The second-order valence-corrected chi connectivity index (χ2v) is 6.07. The predicted octanol–water partition coefficient (Wildman–Crippen LogP) is 5.50. The molecule has 0 aliphatic heterocycles. The first-order valence-electron chi connectivity index (χ1n) is 7.05. The third kappa shape index (κ3) is 5.65. The van der Waals surface area contributed by atoms with Crippen LogP contribution in [0.2, 0.25) is 0 Å². The minimum Gasteiger partial charge on any atom is -0.367 e. The summed E-state index contributed by atoms with van der Waals surface area (Å²) in [5, 5.41) is 12.8. The van der Waals surface area contributed by atoms with Crippen molar-refractivity contribution in [2.75, 3.05) is 5.32 Å². The second-order valence-electron chi connectivity index (χ2n) is 5.21. The standard InChI is InChI=1S/C16H23BrN2/c1-3-4-5-6-9-12-16(2,13-18)19-15-11-8-7-10-14(15)17/h7-8,10-11,19H,3-6,9,12H2,1-2H3. The molecule has 0 aliphatic carbocycles. The molecule has 0 bridgehead atoms. The molecule has 2 nitrogen and oxygen atoms in total. The number of unbranched alkanes of at least 4 members (excludes halogenated alkanes) is 4. The van der Waals surface area contributed by atoms with E-state index in [9.17, 15) is 5.26 Å². The molecule has 1 aromatic carbocycles. The molecule has 1 rings (SSSR count). The predicted molar refractivity (Wildman–Crippen MR) is 85.2 cm³/mol. The summed E-state index contributed by atoms with van der Waals surface area (Å²) in [4.78, 5) is 0. The highest BCUT2D eigenvalue weighted by Crippen LogP contribution is 2.27. The Bertz CT molecular complexity index is 425. The number of anilines is 1. The molecule has 0 aromatic heterocycles. The highest BCUT2D eigenvalue weighted by atomic mass is 79.9. The van der Waals surface area contributed by atoms with E-state index in [1.165, 1.54) is 25.7 Å². The zero-order chi connectivity index (χ0) is 14.1. The highest BCUT2D eigenvalue weighted by Gasteiger charge is 2.23. The van der Waals surface area contributed by atoms with Gasteiger partial charge in [-0.05, 0) is 41.4 Å². The van der Waals surface area contributed by atoms with E-state index < -0.39 is 5.54 Å². The van der Waals surface area contributed by atoms with Gasteiger partial charge in [0.2, 0.25) is 0 Å². The third-order valence-corrected chi connectivity index (χ3v) is 4.00. The normalized spacial score (nSPS) is 13.6. The SMILES string of the molecule is CCCCCCCC(C)(C#N)Nc1ccccc1Br. The highest BCUT2D eigenvalue weighted by molar-refractivity contribution is 9.10. The van der Waals surface area contributed by atoms with Gasteiger partial charge in [0.15, 0.2) is 0 Å². The second kappa shape index (κ2) is 8.22. The van der Waals surface area contributed by atoms with Gasteiger partial charge in [0.1, 0.15) is 5.54 Å². The minimum atomic E-state index is -0.490. The molecule has 1 unspecified atom stereocenters. The number of nitriles is 1. The number of hydrogen-bond acceptors (Lipinski definition) is 2. The van der Waals surface area contributed by atoms with Crippen LogP contribution >= 0.6 is 15.9 Å². The minimum absolute atomic E-state index is 0.490. The number of rotatable bonds is 8. The molecule has 1 N–H and O–H groups in total. The first kappa shape index (κ1) is 16.0. The monoisotopic (exact) mass is 322 g/mol. The third-order valence-electron chi connectivity index (χ3n) is 3.31. The lowest BCUT2D eigenvalue weighted by molar-refractivity contribution is 0.522. The zero-order valence-electron chi connectivity index (χ0n) is 11.9. The summed E-state index contributed by atoms with van der Waals surface area (Å²) < 4.78 is 1.00. The molecule has 0 heterocycles. The number of hydrogen-bond donors (Lipinski definition) is 1. The summed E-state index contributed by atoms with van der Waals surface area (Å²) in [7, 11) is 0. The van der Waals surface area contributed by atoms with Crippen LogP contribution in [0.4, 0.5) is 5.69 Å². The van der Waals surface area contributed by atoms with E-state index in [1.54, 1.807) is 0 Å². The van der Waals surface area contributed by atoms with E-state index in [-0.39, 0.29) is 0 Å². The smallest absolute Gasteiger partial charge is 0.122 e. The Kier molecular flexibility index (Phi) is 6.94. The van der Waals surface area contributed by atoms with Crippen LogP contribution in [0.15, 0.2) is 28.7 Å². The van der Waals surface area contributed by atoms with Gasteiger partial charge in [0.05, 0.1) is 6.07 Å². The van der Waals surface area contributed by atoms with Crippen LogP contribution in [0.1, 0.15) is 52.4 Å². The maximum Gasteiger partial charge on any atom is 0.122 e. The van der Waals surface area contributed by atoms with Gasteiger partial charge in [-0.3, -0.25) is 0 Å². The van der Waals surface area contributed by atoms with Gasteiger partial charge < -0.3 is 5.32 Å². The van der Waals surface area contributed by atoms with Crippen LogP contribution < -0.4 is 5.32 Å². The molecule has 0 saturated carbocycles. The van der Waals surface area contributed by atoms with Gasteiger partial charge in [-0.1, -0.05) is 51.2 Å². The van der Waals surface area contributed by atoms with Crippen LogP contribution in [-0.4, -0.2) is 5.54 Å². The molecule has 1 atom stereocenters. The van der Waals surface area contributed by atoms with Crippen LogP contribution in [-0.2, 0) is 0 Å². The molecule has 1 aromatic rings. The van der Waals surface area contributed by atoms with Crippen molar-refractivity contribution in [2.24, 2.45) is 0 Å². The molecule has 0 aliphatic rings. The quantitative estimate of drug-likeness (QED) is 0.641. The maximum absolute atomic E-state index is 9.41. The van der Waals surface area contributed by atoms with E-state index in [1.807, 2.05) is 31.2 Å². The lowest BCUT2D eigenvalue weighted by Gasteiger charge is -2.25. The van der Waals surface area contributed by atoms with E-state index in [4.69, 9.17) is 0 Å². The number of halogens is 1. The summed E-state index contributed by atoms with van der Waals surface area (Å²) in [6.45, 7) is 4.19. The average molecular weight is 323 g/mol. The van der Waals surface area contributed by atoms with Gasteiger partial charge >= 0.3 is 0 Å². The lowest BCUT2D eigenvalue weighted by atomic mass is 9.95. The van der Waals surface area contributed by atoms with Gasteiger partial charge in [-0.2, -0.15) is 5.26 Å². The zero-order valence-corrected chi connectivity index (χ0v) is 13.5. The largest absolute Gasteiger partial charge is 0.367 e. The molecule has 19 heavy (non-hydrogen) atoms. The summed E-state index contributed by atoms with van der Waals surface area (Å²) in [6.07, 6.45) is 7.01. The Hall–Kier alpha value is -1.01. The summed E-state index contributed by atoms with van der Waals surface area (Å²) in [5.74, 6) is 0. The lowest BCUT2D eigenvalue weighted by Crippen LogP contribution is -2.32. The Labute approximate surface area is 125 Å². The van der Waals surface area contributed by atoms with Gasteiger partial charge in [0, 0.05) is 10.2 Å². The van der Waals surface area contributed by atoms with Crippen LogP contribution in [0.3, 0.4) is 0 Å². The molecule has 104 valence electrons. The molecule has 0 fully saturated rings. The molecule has 3 heteroatoms. The van der Waals surface area contributed by atoms with Gasteiger partial charge in [-0.25, -0.2) is 0 Å². The van der Waals surface area contributed by atoms with E-state index in [0.29, 0.717) is 0 Å². The van der Waals surface area contributed by atoms with Gasteiger partial charge in [0.25, 0.3) is 0 Å². The number of nitrogens with one attached hydrogen (secondary N) is 1. The van der Waals surface area contributed by atoms with Crippen molar-refractivity contribution in [3.05, 3.63) is 28.7 Å². The van der Waals surface area contributed by atoms with E-state index in [2.05, 4.69) is 34.2 Å². The number of para-hydroxylation sites is 1. The average Bonchev–Trinajstić information content (AvgIpc) is 2.41. The Morgan fingerprint density at radius 3 is 2.53 bits per heavy atom. The van der Waals surface area contributed by atoms with Crippen LogP contribution in [0, 0.1) is 11.3 Å². The van der Waals surface area contributed by atoms with Crippen LogP contribution in [0.5, 0.6) is 0 Å². The maximum atomic E-state index is 9.41. The summed E-state index contributed by atoms with van der Waals surface area (Å²) in [6, 6.07) is 10.4. The first-order chi connectivity index (χ1) is 9.11. The van der Waals surface area contributed by atoms with Crippen molar-refractivity contribution in [1.29, 1.82) is 5.26 Å². The topological polar surface area (TPSA) is 35.8 Å². The molecule has 0 saturated heterocycles. The van der Waals surface area contributed by atoms with Crippen molar-refractivity contribution >= 4 is 21.6 Å². The Morgan fingerprint density at radius 2 is 1.89 bits per heavy atom. The van der Waals surface area contributed by atoms with E-state index in [0.717, 1.165) is 23.0 Å². The number of benzene rings is 1. The number of nitrogens with zero attached hydrogens (tertiary/aromatic N) is 1. The Morgan fingerprint density at radius 1 is 1.21 bits per heavy atom. The molecular formula is C16H23BrN2. The van der Waals surface area contributed by atoms with Crippen LogP contribution in [0.25, 0.3) is 0 Å².